The zero-order valence-corrected chi connectivity index (χ0v) is 51.7. The first kappa shape index (κ1) is 73.7. The average molecular weight is 1080 g/mol. The van der Waals surface area contributed by atoms with E-state index in [4.69, 9.17) is 9.05 Å². The van der Waals surface area contributed by atoms with Crippen molar-refractivity contribution >= 4 is 13.7 Å². The van der Waals surface area contributed by atoms with Gasteiger partial charge in [-0.2, -0.15) is 0 Å². The van der Waals surface area contributed by atoms with Crippen LogP contribution in [0.3, 0.4) is 0 Å². The van der Waals surface area contributed by atoms with Crippen LogP contribution >= 0.6 is 7.82 Å². The van der Waals surface area contributed by atoms with E-state index in [1.165, 1.54) is 263 Å². The van der Waals surface area contributed by atoms with Gasteiger partial charge in [-0.05, 0) is 44.9 Å². The molecule has 75 heavy (non-hydrogen) atoms. The van der Waals surface area contributed by atoms with Crippen molar-refractivity contribution in [2.75, 3.05) is 40.9 Å². The van der Waals surface area contributed by atoms with Crippen LogP contribution in [-0.2, 0) is 18.4 Å². The molecule has 0 aliphatic carbocycles. The summed E-state index contributed by atoms with van der Waals surface area (Å²) < 4.78 is 23.8. The zero-order chi connectivity index (χ0) is 54.9. The Morgan fingerprint density at radius 2 is 0.733 bits per heavy atom. The molecule has 0 saturated carbocycles. The molecule has 9 heteroatoms. The van der Waals surface area contributed by atoms with Crippen molar-refractivity contribution in [3.05, 3.63) is 36.5 Å². The van der Waals surface area contributed by atoms with E-state index in [1.807, 2.05) is 27.2 Å². The van der Waals surface area contributed by atoms with Gasteiger partial charge in [0.1, 0.15) is 13.2 Å². The molecule has 0 heterocycles. The molecule has 1 amide bonds. The molecule has 0 spiro atoms. The van der Waals surface area contributed by atoms with Crippen LogP contribution in [0.15, 0.2) is 36.5 Å². The molecule has 0 fully saturated rings. The summed E-state index contributed by atoms with van der Waals surface area (Å²) >= 11 is 0. The van der Waals surface area contributed by atoms with Crippen LogP contribution < -0.4 is 5.32 Å². The number of allylic oxidation sites excluding steroid dienone is 5. The minimum absolute atomic E-state index is 0.0553. The largest absolute Gasteiger partial charge is 0.472 e. The molecule has 0 aromatic carbocycles. The number of likely N-dealkylation sites (N-methyl/N-ethyl adjacent to an activating group) is 1. The lowest BCUT2D eigenvalue weighted by Crippen LogP contribution is -2.45. The molecule has 0 rings (SSSR count). The summed E-state index contributed by atoms with van der Waals surface area (Å²) in [6.07, 6.45) is 75.7. The predicted octanol–water partition coefficient (Wildman–Crippen LogP) is 20.5. The molecule has 8 nitrogen and oxygen atoms in total. The quantitative estimate of drug-likeness (QED) is 0.0243. The highest BCUT2D eigenvalue weighted by molar-refractivity contribution is 7.47. The number of unbranched alkanes of at least 4 members (excludes halogenated alkanes) is 44. The van der Waals surface area contributed by atoms with Crippen LogP contribution in [0.1, 0.15) is 328 Å². The Hall–Kier alpha value is -1.28. The van der Waals surface area contributed by atoms with Gasteiger partial charge in [0.2, 0.25) is 5.91 Å². The Balaban J connectivity index is 4.16. The second-order valence-electron chi connectivity index (χ2n) is 23.8. The maximum Gasteiger partial charge on any atom is 0.472 e. The maximum atomic E-state index is 13.0. The fraction of sp³-hybridized carbons (Fsp3) is 0.894. The molecule has 0 bridgehead atoms. The topological polar surface area (TPSA) is 105 Å². The summed E-state index contributed by atoms with van der Waals surface area (Å²) in [7, 11) is 1.56. The fourth-order valence-corrected chi connectivity index (χ4v) is 10.7. The third kappa shape index (κ3) is 60.2. The van der Waals surface area contributed by atoms with Crippen LogP contribution in [0.5, 0.6) is 0 Å². The van der Waals surface area contributed by atoms with Gasteiger partial charge in [0, 0.05) is 6.42 Å². The van der Waals surface area contributed by atoms with Crippen LogP contribution in [0.2, 0.25) is 0 Å². The van der Waals surface area contributed by atoms with Gasteiger partial charge >= 0.3 is 7.82 Å². The van der Waals surface area contributed by atoms with Crippen molar-refractivity contribution in [2.24, 2.45) is 0 Å². The zero-order valence-electron chi connectivity index (χ0n) is 50.8. The Labute approximate surface area is 467 Å². The minimum Gasteiger partial charge on any atom is -0.387 e. The number of carbonyl (C=O) groups excluding carboxylic acids is 1. The molecular formula is C66H130N2O6P+. The van der Waals surface area contributed by atoms with Crippen LogP contribution in [-0.4, -0.2) is 73.4 Å². The van der Waals surface area contributed by atoms with E-state index < -0.39 is 20.0 Å². The van der Waals surface area contributed by atoms with Crippen LogP contribution in [0.4, 0.5) is 0 Å². The maximum absolute atomic E-state index is 13.0. The smallest absolute Gasteiger partial charge is 0.387 e. The molecule has 0 radical (unpaired) electrons. The molecular weight excluding hydrogens is 948 g/mol. The molecule has 0 aromatic rings. The highest BCUT2D eigenvalue weighted by atomic mass is 31.2. The van der Waals surface area contributed by atoms with Crippen molar-refractivity contribution in [1.29, 1.82) is 0 Å². The number of rotatable bonds is 61. The summed E-state index contributed by atoms with van der Waals surface area (Å²) in [6, 6.07) is -0.869. The van der Waals surface area contributed by atoms with Gasteiger partial charge in [-0.1, -0.05) is 314 Å². The number of phosphoric acid groups is 1. The lowest BCUT2D eigenvalue weighted by Gasteiger charge is -2.25. The summed E-state index contributed by atoms with van der Waals surface area (Å²) in [6.45, 7) is 4.84. The van der Waals surface area contributed by atoms with E-state index in [9.17, 15) is 19.4 Å². The first-order valence-electron chi connectivity index (χ1n) is 32.9. The van der Waals surface area contributed by atoms with E-state index in [0.717, 1.165) is 44.9 Å². The first-order valence-corrected chi connectivity index (χ1v) is 34.4. The summed E-state index contributed by atoms with van der Waals surface area (Å²) in [4.78, 5) is 23.4. The summed E-state index contributed by atoms with van der Waals surface area (Å²) in [5.41, 5.74) is 0. The predicted molar refractivity (Wildman–Crippen MR) is 328 cm³/mol. The Kier molecular flexibility index (Phi) is 56.4. The molecule has 0 aliphatic heterocycles. The van der Waals surface area contributed by atoms with E-state index in [0.29, 0.717) is 17.4 Å². The van der Waals surface area contributed by atoms with Crippen LogP contribution in [0, 0.1) is 0 Å². The van der Waals surface area contributed by atoms with Gasteiger partial charge in [-0.25, -0.2) is 4.57 Å². The number of hydrogen-bond donors (Lipinski definition) is 3. The number of hydrogen-bond acceptors (Lipinski definition) is 5. The number of amides is 1. The number of carbonyl (C=O) groups is 1. The lowest BCUT2D eigenvalue weighted by atomic mass is 10.0. The SMILES string of the molecule is CCCCCCCCCCCCCCCCCCCCC/C=C/CC/C=C/CC/C=C/C(O)C(COP(=O)(O)OCC[N+](C)(C)C)NC(=O)CCCCCCCCCCCCCCCCCCCCCCCCCC. The monoisotopic (exact) mass is 1080 g/mol. The van der Waals surface area contributed by atoms with Gasteiger partial charge < -0.3 is 19.8 Å². The molecule has 3 N–H and O–H groups in total. The number of quaternary nitrogens is 1. The normalized spacial score (nSPS) is 14.0. The molecule has 3 atom stereocenters. The fourth-order valence-electron chi connectivity index (χ4n) is 9.96. The third-order valence-electron chi connectivity index (χ3n) is 15.1. The number of nitrogens with zero attached hydrogens (tertiary/aromatic N) is 1. The van der Waals surface area contributed by atoms with Gasteiger partial charge in [0.15, 0.2) is 0 Å². The number of phosphoric ester groups is 1. The minimum atomic E-state index is -4.36. The average Bonchev–Trinajstić information content (AvgIpc) is 3.37. The molecule has 0 aliphatic rings. The number of aliphatic hydroxyl groups excluding tert-OH is 1. The van der Waals surface area contributed by atoms with Crippen molar-refractivity contribution in [1.82, 2.24) is 5.32 Å². The molecule has 0 aromatic heterocycles. The summed E-state index contributed by atoms with van der Waals surface area (Å²) in [5.74, 6) is -0.184. The van der Waals surface area contributed by atoms with Crippen molar-refractivity contribution in [2.45, 2.75) is 341 Å². The van der Waals surface area contributed by atoms with E-state index in [1.54, 1.807) is 6.08 Å². The second-order valence-corrected chi connectivity index (χ2v) is 25.3. The van der Waals surface area contributed by atoms with Crippen molar-refractivity contribution in [3.8, 4) is 0 Å². The second kappa shape index (κ2) is 57.4. The summed E-state index contributed by atoms with van der Waals surface area (Å²) in [5, 5.41) is 14.0. The third-order valence-corrected chi connectivity index (χ3v) is 16.1. The van der Waals surface area contributed by atoms with E-state index in [2.05, 4.69) is 43.5 Å². The number of nitrogens with one attached hydrogen (secondary N) is 1. The van der Waals surface area contributed by atoms with Gasteiger partial charge in [0.05, 0.1) is 39.9 Å². The standard InChI is InChI=1S/C66H129N2O6P/c1-6-8-10-12-14-16-18-20-22-24-26-28-30-32-33-34-35-36-37-39-41-43-45-47-49-51-53-55-57-59-65(69)64(63-74-75(71,72)73-62-61-68(3,4)5)67-66(70)60-58-56-54-52-50-48-46-44-42-40-38-31-29-27-25-23-21-19-17-15-13-11-9-7-2/h41,43,49,51,57,59,64-65,69H,6-40,42,44-48,50,52-56,58,60-63H2,1-5H3,(H-,67,70,71,72)/p+1/b43-41+,51-49+,59-57+. The van der Waals surface area contributed by atoms with Crippen molar-refractivity contribution < 1.29 is 32.9 Å². The Morgan fingerprint density at radius 3 is 1.07 bits per heavy atom. The number of aliphatic hydroxyl groups is 1. The molecule has 3 unspecified atom stereocenters. The van der Waals surface area contributed by atoms with Gasteiger partial charge in [-0.3, -0.25) is 13.8 Å². The molecule has 444 valence electrons. The highest BCUT2D eigenvalue weighted by Crippen LogP contribution is 2.43. The Bertz CT molecular complexity index is 1320. The molecule has 0 saturated heterocycles. The van der Waals surface area contributed by atoms with Gasteiger partial charge in [-0.15, -0.1) is 0 Å². The van der Waals surface area contributed by atoms with Gasteiger partial charge in [0.25, 0.3) is 0 Å². The Morgan fingerprint density at radius 1 is 0.440 bits per heavy atom. The van der Waals surface area contributed by atoms with E-state index >= 15 is 0 Å². The van der Waals surface area contributed by atoms with E-state index in [-0.39, 0.29) is 19.1 Å². The lowest BCUT2D eigenvalue weighted by molar-refractivity contribution is -0.870. The highest BCUT2D eigenvalue weighted by Gasteiger charge is 2.28. The first-order chi connectivity index (χ1) is 36.5. The van der Waals surface area contributed by atoms with Crippen molar-refractivity contribution in [3.63, 3.8) is 0 Å². The van der Waals surface area contributed by atoms with Crippen LogP contribution in [0.25, 0.3) is 0 Å².